The molecule has 0 saturated heterocycles. The van der Waals surface area contributed by atoms with Gasteiger partial charge in [0.15, 0.2) is 5.85 Å². The molecule has 0 atom stereocenters. The van der Waals surface area contributed by atoms with Crippen LogP contribution in [0.25, 0.3) is 0 Å². The maximum Gasteiger partial charge on any atom is 0.336 e. The second-order valence-corrected chi connectivity index (χ2v) is 5.47. The third-order valence-electron chi connectivity index (χ3n) is 4.11. The van der Waals surface area contributed by atoms with Gasteiger partial charge in [0.25, 0.3) is 0 Å². The molecule has 0 fully saturated rings. The molecular weight excluding hydrogens is 324 g/mol. The van der Waals surface area contributed by atoms with E-state index in [-0.39, 0.29) is 11.1 Å². The molecule has 0 aromatic heterocycles. The Morgan fingerprint density at radius 2 is 1.12 bits per heavy atom. The van der Waals surface area contributed by atoms with E-state index < -0.39 is 17.8 Å². The van der Waals surface area contributed by atoms with Gasteiger partial charge >= 0.3 is 11.9 Å². The Balaban J connectivity index is 0.000000462. The first-order chi connectivity index (χ1) is 11.7. The Kier molecular flexibility index (Phi) is 9.96. The lowest BCUT2D eigenvalue weighted by Crippen LogP contribution is -2.58. The summed E-state index contributed by atoms with van der Waals surface area (Å²) in [4.78, 5) is 25.0. The minimum absolute atomic E-state index is 0.190. The number of hydrogen-bond donors (Lipinski definition) is 3. The zero-order chi connectivity index (χ0) is 19.6. The van der Waals surface area contributed by atoms with Crippen molar-refractivity contribution < 1.29 is 24.9 Å². The molecule has 0 aliphatic rings. The largest absolute Gasteiger partial charge is 0.478 e. The smallest absolute Gasteiger partial charge is 0.336 e. The Labute approximate surface area is 149 Å². The molecule has 0 bridgehead atoms. The number of aromatic carboxylic acids is 2. The van der Waals surface area contributed by atoms with Crippen molar-refractivity contribution in [3.63, 3.8) is 0 Å². The summed E-state index contributed by atoms with van der Waals surface area (Å²) in [5, 5.41) is 27.4. The number of nitrogens with zero attached hydrogens (tertiary/aromatic N) is 2. The van der Waals surface area contributed by atoms with E-state index in [0.29, 0.717) is 0 Å². The molecule has 25 heavy (non-hydrogen) atoms. The molecule has 1 aromatic carbocycles. The molecule has 0 aliphatic heterocycles. The van der Waals surface area contributed by atoms with Crippen molar-refractivity contribution in [2.45, 2.75) is 40.5 Å². The van der Waals surface area contributed by atoms with Gasteiger partial charge in [-0.25, -0.2) is 9.59 Å². The van der Waals surface area contributed by atoms with Crippen LogP contribution in [-0.2, 0) is 0 Å². The maximum absolute atomic E-state index is 10.5. The van der Waals surface area contributed by atoms with E-state index in [2.05, 4.69) is 37.5 Å². The van der Waals surface area contributed by atoms with Crippen molar-refractivity contribution in [1.29, 1.82) is 0 Å². The van der Waals surface area contributed by atoms with Crippen molar-refractivity contribution >= 4 is 11.9 Å². The van der Waals surface area contributed by atoms with Crippen molar-refractivity contribution in [2.24, 2.45) is 0 Å². The van der Waals surface area contributed by atoms with E-state index in [4.69, 9.17) is 10.2 Å². The average Bonchev–Trinajstić information content (AvgIpc) is 2.57. The van der Waals surface area contributed by atoms with Gasteiger partial charge in [0, 0.05) is 0 Å². The van der Waals surface area contributed by atoms with Gasteiger partial charge in [0.05, 0.1) is 11.1 Å². The SMILES string of the molecule is CCN(CC)C(C)(O)N(CC)CC.O=C(O)c1ccccc1C(=O)O. The van der Waals surface area contributed by atoms with Crippen LogP contribution in [0.4, 0.5) is 0 Å². The van der Waals surface area contributed by atoms with E-state index in [1.54, 1.807) is 0 Å². The van der Waals surface area contributed by atoms with Gasteiger partial charge in [0.1, 0.15) is 0 Å². The summed E-state index contributed by atoms with van der Waals surface area (Å²) in [5.74, 6) is -3.26. The summed E-state index contributed by atoms with van der Waals surface area (Å²) >= 11 is 0. The highest BCUT2D eigenvalue weighted by Crippen LogP contribution is 2.16. The number of carboxylic acid groups (broad SMARTS) is 2. The van der Waals surface area contributed by atoms with Gasteiger partial charge < -0.3 is 15.3 Å². The molecular formula is C18H30N2O5. The fourth-order valence-electron chi connectivity index (χ4n) is 2.70. The highest BCUT2D eigenvalue weighted by Gasteiger charge is 2.31. The first-order valence-corrected chi connectivity index (χ1v) is 8.45. The molecule has 0 amide bonds. The predicted octanol–water partition coefficient (Wildman–Crippen LogP) is 2.42. The van der Waals surface area contributed by atoms with Crippen LogP contribution >= 0.6 is 0 Å². The summed E-state index contributed by atoms with van der Waals surface area (Å²) in [7, 11) is 0. The highest BCUT2D eigenvalue weighted by molar-refractivity contribution is 6.01. The summed E-state index contributed by atoms with van der Waals surface area (Å²) in [6.07, 6.45) is 0. The van der Waals surface area contributed by atoms with Crippen LogP contribution in [-0.4, -0.2) is 69.1 Å². The van der Waals surface area contributed by atoms with Gasteiger partial charge in [-0.1, -0.05) is 39.8 Å². The second-order valence-electron chi connectivity index (χ2n) is 5.47. The number of carboxylic acids is 2. The standard InChI is InChI=1S/C10H24N2O.C8H6O4/c1-6-11(7-2)10(5,13)12(8-3)9-4;9-7(10)5-3-1-2-4-6(5)8(11)12/h13H,6-9H2,1-5H3;1-4H,(H,9,10)(H,11,12). The summed E-state index contributed by atoms with van der Waals surface area (Å²) in [5.41, 5.74) is -0.380. The minimum Gasteiger partial charge on any atom is -0.478 e. The molecule has 1 aromatic rings. The number of hydrogen-bond acceptors (Lipinski definition) is 5. The van der Waals surface area contributed by atoms with Crippen molar-refractivity contribution in [3.8, 4) is 0 Å². The Bertz CT molecular complexity index is 505. The molecule has 7 nitrogen and oxygen atoms in total. The van der Waals surface area contributed by atoms with Gasteiger partial charge in [-0.2, -0.15) is 0 Å². The van der Waals surface area contributed by atoms with E-state index in [0.717, 1.165) is 26.2 Å². The first kappa shape index (κ1) is 23.0. The summed E-state index contributed by atoms with van der Waals surface area (Å²) in [6.45, 7) is 13.7. The Morgan fingerprint density at radius 3 is 1.32 bits per heavy atom. The van der Waals surface area contributed by atoms with Crippen molar-refractivity contribution in [2.75, 3.05) is 26.2 Å². The molecule has 0 saturated carbocycles. The quantitative estimate of drug-likeness (QED) is 0.616. The molecule has 7 heteroatoms. The maximum atomic E-state index is 10.5. The third-order valence-corrected chi connectivity index (χ3v) is 4.11. The van der Waals surface area contributed by atoms with Crippen LogP contribution in [0, 0.1) is 0 Å². The van der Waals surface area contributed by atoms with Crippen LogP contribution in [0.1, 0.15) is 55.3 Å². The molecule has 1 rings (SSSR count). The van der Waals surface area contributed by atoms with Crippen molar-refractivity contribution in [1.82, 2.24) is 9.80 Å². The van der Waals surface area contributed by atoms with E-state index in [1.807, 2.05) is 6.92 Å². The lowest BCUT2D eigenvalue weighted by molar-refractivity contribution is -0.198. The lowest BCUT2D eigenvalue weighted by Gasteiger charge is -2.43. The van der Waals surface area contributed by atoms with Gasteiger partial charge in [-0.15, -0.1) is 0 Å². The summed E-state index contributed by atoms with van der Waals surface area (Å²) in [6, 6.07) is 5.48. The van der Waals surface area contributed by atoms with Crippen LogP contribution in [0.3, 0.4) is 0 Å². The van der Waals surface area contributed by atoms with E-state index >= 15 is 0 Å². The van der Waals surface area contributed by atoms with Crippen LogP contribution in [0.5, 0.6) is 0 Å². The first-order valence-electron chi connectivity index (χ1n) is 8.45. The molecule has 0 aliphatic carbocycles. The number of carbonyl (C=O) groups is 2. The van der Waals surface area contributed by atoms with Crippen LogP contribution in [0.15, 0.2) is 24.3 Å². The average molecular weight is 354 g/mol. The predicted molar refractivity (Wildman–Crippen MR) is 96.8 cm³/mol. The number of benzene rings is 1. The molecule has 3 N–H and O–H groups in total. The van der Waals surface area contributed by atoms with E-state index in [1.165, 1.54) is 24.3 Å². The lowest BCUT2D eigenvalue weighted by atomic mass is 10.1. The van der Waals surface area contributed by atoms with Gasteiger partial charge in [-0.05, 0) is 45.2 Å². The Morgan fingerprint density at radius 1 is 0.840 bits per heavy atom. The monoisotopic (exact) mass is 354 g/mol. The zero-order valence-corrected chi connectivity index (χ0v) is 15.7. The Hall–Kier alpha value is -1.96. The third kappa shape index (κ3) is 6.45. The fourth-order valence-corrected chi connectivity index (χ4v) is 2.70. The minimum atomic E-state index is -1.23. The topological polar surface area (TPSA) is 101 Å². The fraction of sp³-hybridized carbons (Fsp3) is 0.556. The zero-order valence-electron chi connectivity index (χ0n) is 15.7. The summed E-state index contributed by atoms with van der Waals surface area (Å²) < 4.78 is 0. The second kappa shape index (κ2) is 10.8. The van der Waals surface area contributed by atoms with Gasteiger partial charge in [0.2, 0.25) is 0 Å². The molecule has 0 heterocycles. The highest BCUT2D eigenvalue weighted by atomic mass is 16.4. The molecule has 0 spiro atoms. The van der Waals surface area contributed by atoms with Crippen LogP contribution < -0.4 is 0 Å². The molecule has 142 valence electrons. The molecule has 0 unspecified atom stereocenters. The number of aliphatic hydroxyl groups is 1. The van der Waals surface area contributed by atoms with E-state index in [9.17, 15) is 14.7 Å². The van der Waals surface area contributed by atoms with Crippen molar-refractivity contribution in [3.05, 3.63) is 35.4 Å². The van der Waals surface area contributed by atoms with Crippen LogP contribution in [0.2, 0.25) is 0 Å². The van der Waals surface area contributed by atoms with Gasteiger partial charge in [-0.3, -0.25) is 9.80 Å². The molecule has 0 radical (unpaired) electrons. The number of rotatable bonds is 8. The normalized spacial score (nSPS) is 11.2.